The van der Waals surface area contributed by atoms with E-state index in [0.717, 1.165) is 19.6 Å². The monoisotopic (exact) mass is 470 g/mol. The Labute approximate surface area is 199 Å². The van der Waals surface area contributed by atoms with Crippen LogP contribution in [0.5, 0.6) is 5.75 Å². The van der Waals surface area contributed by atoms with Gasteiger partial charge in [-0.1, -0.05) is 6.58 Å². The molecule has 3 rings (SSSR count). The normalized spacial score (nSPS) is 13.4. The summed E-state index contributed by atoms with van der Waals surface area (Å²) in [4.78, 5) is 16.3. The molecule has 0 saturated carbocycles. The van der Waals surface area contributed by atoms with Gasteiger partial charge in [-0.05, 0) is 37.6 Å². The van der Waals surface area contributed by atoms with Crippen molar-refractivity contribution in [1.82, 2.24) is 5.32 Å². The highest BCUT2D eigenvalue weighted by molar-refractivity contribution is 5.90. The number of amides is 2. The van der Waals surface area contributed by atoms with Gasteiger partial charge < -0.3 is 30.2 Å². The van der Waals surface area contributed by atoms with E-state index in [1.54, 1.807) is 50.6 Å². The minimum atomic E-state index is -0.503. The van der Waals surface area contributed by atoms with Crippen molar-refractivity contribution in [2.75, 3.05) is 50.7 Å². The van der Waals surface area contributed by atoms with E-state index in [2.05, 4.69) is 27.5 Å². The molecular formula is C25H31FN4O4. The smallest absolute Gasteiger partial charge is 0.319 e. The Bertz CT molecular complexity index is 1010. The average molecular weight is 471 g/mol. The maximum Gasteiger partial charge on any atom is 0.319 e. The minimum absolute atomic E-state index is 0.246. The maximum absolute atomic E-state index is 14.9. The van der Waals surface area contributed by atoms with Gasteiger partial charge in [-0.2, -0.15) is 0 Å². The molecule has 0 unspecified atom stereocenters. The van der Waals surface area contributed by atoms with E-state index in [9.17, 15) is 9.18 Å². The zero-order valence-corrected chi connectivity index (χ0v) is 19.5. The predicted octanol–water partition coefficient (Wildman–Crippen LogP) is 4.81. The fourth-order valence-corrected chi connectivity index (χ4v) is 3.32. The van der Waals surface area contributed by atoms with Crippen molar-refractivity contribution < 1.29 is 23.4 Å². The van der Waals surface area contributed by atoms with Crippen molar-refractivity contribution >= 4 is 35.0 Å². The Kier molecular flexibility index (Phi) is 9.42. The molecule has 2 aromatic rings. The van der Waals surface area contributed by atoms with Gasteiger partial charge in [0.2, 0.25) is 0 Å². The van der Waals surface area contributed by atoms with E-state index in [1.807, 2.05) is 0 Å². The van der Waals surface area contributed by atoms with Crippen LogP contribution >= 0.6 is 0 Å². The Morgan fingerprint density at radius 1 is 1.21 bits per heavy atom. The van der Waals surface area contributed by atoms with Crippen LogP contribution < -0.4 is 20.7 Å². The van der Waals surface area contributed by atoms with Crippen LogP contribution in [0.3, 0.4) is 0 Å². The van der Waals surface area contributed by atoms with Gasteiger partial charge in [-0.25, -0.2) is 9.18 Å². The summed E-state index contributed by atoms with van der Waals surface area (Å²) >= 11 is 0. The number of hydrogen-bond donors (Lipinski definition) is 3. The van der Waals surface area contributed by atoms with Gasteiger partial charge in [-0.3, -0.25) is 4.99 Å². The van der Waals surface area contributed by atoms with Gasteiger partial charge >= 0.3 is 6.03 Å². The standard InChI is InChI=1S/C25H31FN4O4/c1-4-27-23-14-21(34-12-11-32-3)13-22(26)24(23)17(2)29-19-5-7-20(8-6-19)30-25(31)28-10-9-18-15-33-16-18/h4-8,13-14,18,29H,2,9-12,15-16H2,1,3H3,(H2,28,30,31). The van der Waals surface area contributed by atoms with Crippen LogP contribution in [0.25, 0.3) is 5.70 Å². The third-order valence-electron chi connectivity index (χ3n) is 5.15. The van der Waals surface area contributed by atoms with Gasteiger partial charge in [0.15, 0.2) is 0 Å². The van der Waals surface area contributed by atoms with Crippen LogP contribution in [0.2, 0.25) is 0 Å². The summed E-state index contributed by atoms with van der Waals surface area (Å²) in [5.74, 6) is 0.393. The molecule has 9 heteroatoms. The van der Waals surface area contributed by atoms with Crippen LogP contribution in [0.1, 0.15) is 18.9 Å². The number of carbonyl (C=O) groups excluding carboxylic acids is 1. The minimum Gasteiger partial charge on any atom is -0.491 e. The van der Waals surface area contributed by atoms with Gasteiger partial charge in [-0.15, -0.1) is 0 Å². The molecule has 1 aliphatic heterocycles. The Balaban J connectivity index is 1.59. The molecule has 2 aromatic carbocycles. The lowest BCUT2D eigenvalue weighted by Crippen LogP contribution is -2.34. The molecule has 1 fully saturated rings. The summed E-state index contributed by atoms with van der Waals surface area (Å²) < 4.78 is 30.5. The predicted molar refractivity (Wildman–Crippen MR) is 133 cm³/mol. The molecule has 34 heavy (non-hydrogen) atoms. The van der Waals surface area contributed by atoms with Crippen molar-refractivity contribution in [2.45, 2.75) is 13.3 Å². The van der Waals surface area contributed by atoms with E-state index in [4.69, 9.17) is 14.2 Å². The Morgan fingerprint density at radius 2 is 1.91 bits per heavy atom. The van der Waals surface area contributed by atoms with Crippen molar-refractivity contribution in [1.29, 1.82) is 0 Å². The molecule has 0 aromatic heterocycles. The molecule has 0 atom stereocenters. The van der Waals surface area contributed by atoms with Crippen molar-refractivity contribution in [3.8, 4) is 5.75 Å². The lowest BCUT2D eigenvalue weighted by atomic mass is 10.0. The first-order valence-corrected chi connectivity index (χ1v) is 11.1. The van der Waals surface area contributed by atoms with Crippen LogP contribution in [0, 0.1) is 11.7 Å². The summed E-state index contributed by atoms with van der Waals surface area (Å²) in [6.07, 6.45) is 2.48. The number of methoxy groups -OCH3 is 1. The van der Waals surface area contributed by atoms with Gasteiger partial charge in [0.05, 0.1) is 31.1 Å². The fourth-order valence-electron chi connectivity index (χ4n) is 3.32. The number of urea groups is 1. The highest BCUT2D eigenvalue weighted by Crippen LogP contribution is 2.33. The number of nitrogens with zero attached hydrogens (tertiary/aromatic N) is 1. The summed E-state index contributed by atoms with van der Waals surface area (Å²) in [6.45, 7) is 8.57. The topological polar surface area (TPSA) is 93.2 Å². The molecule has 182 valence electrons. The van der Waals surface area contributed by atoms with Crippen molar-refractivity contribution in [3.05, 3.63) is 54.4 Å². The number of benzene rings is 2. The number of carbonyl (C=O) groups is 1. The lowest BCUT2D eigenvalue weighted by Gasteiger charge is -2.25. The number of hydrogen-bond acceptors (Lipinski definition) is 6. The van der Waals surface area contributed by atoms with E-state index >= 15 is 0 Å². The van der Waals surface area contributed by atoms with Crippen LogP contribution in [0.15, 0.2) is 48.0 Å². The first-order chi connectivity index (χ1) is 16.5. The molecule has 8 nitrogen and oxygen atoms in total. The Hall–Kier alpha value is -3.43. The van der Waals surface area contributed by atoms with E-state index in [1.165, 1.54) is 6.07 Å². The van der Waals surface area contributed by atoms with Gasteiger partial charge in [0.1, 0.15) is 18.2 Å². The van der Waals surface area contributed by atoms with E-state index < -0.39 is 5.82 Å². The molecule has 0 bridgehead atoms. The fraction of sp³-hybridized carbons (Fsp3) is 0.360. The van der Waals surface area contributed by atoms with E-state index in [-0.39, 0.29) is 11.6 Å². The molecule has 1 saturated heterocycles. The zero-order valence-electron chi connectivity index (χ0n) is 19.5. The van der Waals surface area contributed by atoms with E-state index in [0.29, 0.717) is 54.2 Å². The molecule has 0 aliphatic carbocycles. The highest BCUT2D eigenvalue weighted by Gasteiger charge is 2.18. The molecule has 0 spiro atoms. The number of halogens is 1. The summed E-state index contributed by atoms with van der Waals surface area (Å²) in [5.41, 5.74) is 2.32. The largest absolute Gasteiger partial charge is 0.491 e. The average Bonchev–Trinajstić information content (AvgIpc) is 2.77. The third-order valence-corrected chi connectivity index (χ3v) is 5.15. The highest BCUT2D eigenvalue weighted by atomic mass is 19.1. The number of ether oxygens (including phenoxy) is 3. The molecule has 1 heterocycles. The zero-order chi connectivity index (χ0) is 24.3. The summed E-state index contributed by atoms with van der Waals surface area (Å²) in [5, 5.41) is 8.73. The van der Waals surface area contributed by atoms with Gasteiger partial charge in [0.25, 0.3) is 0 Å². The number of aliphatic imine (C=N–C) groups is 1. The first-order valence-electron chi connectivity index (χ1n) is 11.1. The number of anilines is 2. The van der Waals surface area contributed by atoms with Crippen molar-refractivity contribution in [3.63, 3.8) is 0 Å². The molecule has 0 radical (unpaired) electrons. The third kappa shape index (κ3) is 7.29. The van der Waals surface area contributed by atoms with Crippen molar-refractivity contribution in [2.24, 2.45) is 10.9 Å². The Morgan fingerprint density at radius 3 is 2.53 bits per heavy atom. The summed E-state index contributed by atoms with van der Waals surface area (Å²) in [7, 11) is 1.57. The molecule has 3 N–H and O–H groups in total. The second kappa shape index (κ2) is 12.7. The molecule has 1 aliphatic rings. The first kappa shape index (κ1) is 25.2. The maximum atomic E-state index is 14.9. The lowest BCUT2D eigenvalue weighted by molar-refractivity contribution is -0.0347. The van der Waals surface area contributed by atoms with Crippen LogP contribution in [-0.2, 0) is 9.47 Å². The molecule has 2 amide bonds. The second-order valence-electron chi connectivity index (χ2n) is 7.78. The van der Waals surface area contributed by atoms with Crippen LogP contribution in [0.4, 0.5) is 26.2 Å². The number of nitrogens with one attached hydrogen (secondary N) is 3. The van der Waals surface area contributed by atoms with Crippen LogP contribution in [-0.4, -0.2) is 52.3 Å². The molecular weight excluding hydrogens is 439 g/mol. The number of rotatable bonds is 12. The SMILES string of the molecule is C=C(Nc1ccc(NC(=O)NCCC2COC2)cc1)c1c(F)cc(OCCOC)cc1N=CC. The summed E-state index contributed by atoms with van der Waals surface area (Å²) in [6, 6.07) is 9.75. The second-order valence-corrected chi connectivity index (χ2v) is 7.78. The quantitative estimate of drug-likeness (QED) is 0.306. The van der Waals surface area contributed by atoms with Gasteiger partial charge in [0, 0.05) is 55.0 Å².